The number of ether oxygens (including phenoxy) is 1. The predicted octanol–water partition coefficient (Wildman–Crippen LogP) is 8.09. The highest BCUT2D eigenvalue weighted by Gasteiger charge is 2.14. The molecule has 0 aromatic heterocycles. The molecule has 9 heteroatoms. The second-order valence-electron chi connectivity index (χ2n) is 6.45. The van der Waals surface area contributed by atoms with E-state index in [4.69, 9.17) is 27.9 Å². The molecule has 0 unspecified atom stereocenters. The molecule has 1 amide bonds. The lowest BCUT2D eigenvalue weighted by Crippen LogP contribution is -2.13. The van der Waals surface area contributed by atoms with Crippen molar-refractivity contribution in [2.75, 3.05) is 5.32 Å². The van der Waals surface area contributed by atoms with Crippen molar-refractivity contribution < 1.29 is 9.53 Å². The van der Waals surface area contributed by atoms with Crippen molar-refractivity contribution in [1.29, 1.82) is 5.26 Å². The summed E-state index contributed by atoms with van der Waals surface area (Å²) in [5, 5.41) is 12.7. The van der Waals surface area contributed by atoms with Crippen LogP contribution >= 0.6 is 84.3 Å². The molecule has 0 bridgehead atoms. The minimum atomic E-state index is -0.572. The normalized spacial score (nSPS) is 11.1. The molecule has 32 heavy (non-hydrogen) atoms. The Morgan fingerprint density at radius 3 is 2.41 bits per heavy atom. The highest BCUT2D eigenvalue weighted by molar-refractivity contribution is 14.1. The van der Waals surface area contributed by atoms with Crippen LogP contribution in [0.2, 0.25) is 10.0 Å². The standard InChI is InChI=1S/C23H13BrCl2I2N2O2/c24-16-6-4-13(5-7-16)12-32-22-18(27)9-14(10-19(22)28)8-15(11-29)23(31)30-20-3-1-2-17(25)21(20)26/h1-10H,12H2,(H,30,31)/b15-8-. The highest BCUT2D eigenvalue weighted by Crippen LogP contribution is 2.32. The van der Waals surface area contributed by atoms with Gasteiger partial charge in [0.1, 0.15) is 24.0 Å². The van der Waals surface area contributed by atoms with Crippen LogP contribution in [0, 0.1) is 18.5 Å². The zero-order chi connectivity index (χ0) is 23.3. The highest BCUT2D eigenvalue weighted by atomic mass is 127. The summed E-state index contributed by atoms with van der Waals surface area (Å²) >= 11 is 19.9. The molecule has 0 aliphatic carbocycles. The summed E-state index contributed by atoms with van der Waals surface area (Å²) in [6.45, 7) is 0.431. The van der Waals surface area contributed by atoms with Gasteiger partial charge in [0, 0.05) is 4.47 Å². The van der Waals surface area contributed by atoms with Crippen molar-refractivity contribution in [2.24, 2.45) is 0 Å². The van der Waals surface area contributed by atoms with Crippen LogP contribution in [0.4, 0.5) is 5.69 Å². The third kappa shape index (κ3) is 6.60. The molecule has 0 saturated heterocycles. The smallest absolute Gasteiger partial charge is 0.266 e. The molecule has 0 aliphatic rings. The number of carbonyl (C=O) groups is 1. The number of hydrogen-bond donors (Lipinski definition) is 1. The SMILES string of the molecule is N#C/C(=C/c1cc(I)c(OCc2ccc(Br)cc2)c(I)c1)C(=O)Nc1cccc(Cl)c1Cl. The fraction of sp³-hybridized carbons (Fsp3) is 0.0435. The van der Waals surface area contributed by atoms with Crippen molar-refractivity contribution in [3.8, 4) is 11.8 Å². The van der Waals surface area contributed by atoms with Crippen LogP contribution in [0.15, 0.2) is 64.6 Å². The Bertz CT molecular complexity index is 1220. The molecule has 3 rings (SSSR count). The number of nitrogens with zero attached hydrogens (tertiary/aromatic N) is 1. The van der Waals surface area contributed by atoms with E-state index >= 15 is 0 Å². The topological polar surface area (TPSA) is 62.1 Å². The molecule has 3 aromatic rings. The number of rotatable bonds is 6. The van der Waals surface area contributed by atoms with Gasteiger partial charge in [-0.3, -0.25) is 4.79 Å². The maximum atomic E-state index is 12.6. The fourth-order valence-corrected chi connectivity index (χ4v) is 5.38. The first-order valence-corrected chi connectivity index (χ1v) is 12.7. The number of amides is 1. The van der Waals surface area contributed by atoms with E-state index < -0.39 is 5.91 Å². The van der Waals surface area contributed by atoms with E-state index in [1.165, 1.54) is 6.08 Å². The van der Waals surface area contributed by atoms with Crippen LogP contribution in [0.3, 0.4) is 0 Å². The van der Waals surface area contributed by atoms with E-state index in [-0.39, 0.29) is 10.6 Å². The Hall–Kier alpha value is -1.32. The average Bonchev–Trinajstić information content (AvgIpc) is 2.76. The van der Waals surface area contributed by atoms with Gasteiger partial charge >= 0.3 is 0 Å². The molecule has 0 heterocycles. The zero-order valence-electron chi connectivity index (χ0n) is 16.1. The molecular weight excluding hydrogens is 741 g/mol. The lowest BCUT2D eigenvalue weighted by molar-refractivity contribution is -0.112. The second-order valence-corrected chi connectivity index (χ2v) is 10.5. The largest absolute Gasteiger partial charge is 0.487 e. The summed E-state index contributed by atoms with van der Waals surface area (Å²) in [4.78, 5) is 12.6. The second kappa shape index (κ2) is 11.7. The fourth-order valence-electron chi connectivity index (χ4n) is 2.64. The first-order chi connectivity index (χ1) is 15.3. The molecule has 0 fully saturated rings. The minimum Gasteiger partial charge on any atom is -0.487 e. The molecule has 0 atom stereocenters. The predicted molar refractivity (Wildman–Crippen MR) is 149 cm³/mol. The van der Waals surface area contributed by atoms with Crippen LogP contribution in [0.25, 0.3) is 6.08 Å². The Morgan fingerprint density at radius 1 is 1.12 bits per heavy atom. The molecule has 0 spiro atoms. The van der Waals surface area contributed by atoms with Crippen LogP contribution in [0.5, 0.6) is 5.75 Å². The van der Waals surface area contributed by atoms with Gasteiger partial charge in [0.05, 0.1) is 22.9 Å². The summed E-state index contributed by atoms with van der Waals surface area (Å²) in [6.07, 6.45) is 1.52. The summed E-state index contributed by atoms with van der Waals surface area (Å²) in [5.74, 6) is 0.178. The lowest BCUT2D eigenvalue weighted by atomic mass is 10.1. The number of anilines is 1. The molecule has 4 nitrogen and oxygen atoms in total. The van der Waals surface area contributed by atoms with Crippen molar-refractivity contribution >= 4 is 102 Å². The van der Waals surface area contributed by atoms with E-state index in [0.717, 1.165) is 22.9 Å². The molecule has 0 saturated carbocycles. The summed E-state index contributed by atoms with van der Waals surface area (Å²) < 4.78 is 8.76. The first-order valence-electron chi connectivity index (χ1n) is 9.02. The van der Waals surface area contributed by atoms with E-state index in [9.17, 15) is 10.1 Å². The monoisotopic (exact) mass is 752 g/mol. The Morgan fingerprint density at radius 2 is 1.78 bits per heavy atom. The zero-order valence-corrected chi connectivity index (χ0v) is 23.5. The first kappa shape index (κ1) is 25.3. The third-order valence-electron chi connectivity index (χ3n) is 4.19. The number of hydrogen-bond acceptors (Lipinski definition) is 3. The minimum absolute atomic E-state index is 0.0591. The van der Waals surface area contributed by atoms with Crippen LogP contribution in [0.1, 0.15) is 11.1 Å². The van der Waals surface area contributed by atoms with Gasteiger partial charge in [-0.05, 0) is 98.8 Å². The molecule has 1 N–H and O–H groups in total. The molecule has 162 valence electrons. The quantitative estimate of drug-likeness (QED) is 0.157. The van der Waals surface area contributed by atoms with E-state index in [2.05, 4.69) is 66.4 Å². The molecular formula is C23H13BrCl2I2N2O2. The van der Waals surface area contributed by atoms with Crippen molar-refractivity contribution in [3.05, 3.63) is 93.0 Å². The Labute approximate surface area is 231 Å². The summed E-state index contributed by atoms with van der Waals surface area (Å²) in [7, 11) is 0. The van der Waals surface area contributed by atoms with Crippen molar-refractivity contribution in [3.63, 3.8) is 0 Å². The Kier molecular flexibility index (Phi) is 9.25. The molecule has 0 aliphatic heterocycles. The molecule has 0 radical (unpaired) electrons. The maximum absolute atomic E-state index is 12.6. The number of nitriles is 1. The summed E-state index contributed by atoms with van der Waals surface area (Å²) in [6, 6.07) is 18.5. The van der Waals surface area contributed by atoms with Gasteiger partial charge < -0.3 is 10.1 Å². The number of nitrogens with one attached hydrogen (secondary N) is 1. The van der Waals surface area contributed by atoms with E-state index in [0.29, 0.717) is 22.9 Å². The third-order valence-corrected chi connectivity index (χ3v) is 7.14. The number of halogens is 5. The van der Waals surface area contributed by atoms with Crippen molar-refractivity contribution in [1.82, 2.24) is 0 Å². The van der Waals surface area contributed by atoms with Crippen LogP contribution in [-0.2, 0) is 11.4 Å². The van der Waals surface area contributed by atoms with Crippen LogP contribution < -0.4 is 10.1 Å². The van der Waals surface area contributed by atoms with E-state index in [1.807, 2.05) is 42.5 Å². The van der Waals surface area contributed by atoms with Gasteiger partial charge in [0.15, 0.2) is 0 Å². The van der Waals surface area contributed by atoms with E-state index in [1.54, 1.807) is 18.2 Å². The maximum Gasteiger partial charge on any atom is 0.266 e. The number of carbonyl (C=O) groups excluding carboxylic acids is 1. The molecule has 3 aromatic carbocycles. The average molecular weight is 754 g/mol. The summed E-state index contributed by atoms with van der Waals surface area (Å²) in [5.41, 5.74) is 2.04. The van der Waals surface area contributed by atoms with Gasteiger partial charge in [-0.1, -0.05) is 57.3 Å². The Balaban J connectivity index is 1.78. The van der Waals surface area contributed by atoms with Gasteiger partial charge in [-0.15, -0.1) is 0 Å². The number of benzene rings is 3. The van der Waals surface area contributed by atoms with Crippen LogP contribution in [-0.4, -0.2) is 5.91 Å². The van der Waals surface area contributed by atoms with Gasteiger partial charge in [-0.2, -0.15) is 5.26 Å². The van der Waals surface area contributed by atoms with Gasteiger partial charge in [0.2, 0.25) is 0 Å². The lowest BCUT2D eigenvalue weighted by Gasteiger charge is -2.12. The van der Waals surface area contributed by atoms with Crippen molar-refractivity contribution in [2.45, 2.75) is 6.61 Å². The van der Waals surface area contributed by atoms with Gasteiger partial charge in [-0.25, -0.2) is 0 Å². The van der Waals surface area contributed by atoms with Gasteiger partial charge in [0.25, 0.3) is 5.91 Å².